The lowest BCUT2D eigenvalue weighted by Crippen LogP contribution is -2.15. The van der Waals surface area contributed by atoms with E-state index in [-0.39, 0.29) is 6.10 Å². The second-order valence-corrected chi connectivity index (χ2v) is 7.26. The van der Waals surface area contributed by atoms with Gasteiger partial charge in [-0.1, -0.05) is 47.5 Å². The highest BCUT2D eigenvalue weighted by Crippen LogP contribution is 2.45. The molecule has 0 fully saturated rings. The highest BCUT2D eigenvalue weighted by molar-refractivity contribution is 6.30. The van der Waals surface area contributed by atoms with Crippen molar-refractivity contribution in [2.75, 3.05) is 0 Å². The number of hydrogen-bond acceptors (Lipinski definition) is 2. The molecule has 27 heavy (non-hydrogen) atoms. The fourth-order valence-corrected chi connectivity index (χ4v) is 3.69. The average molecular weight is 393 g/mol. The Bertz CT molecular complexity index is 1120. The largest absolute Gasteiger partial charge is 0.480 e. The summed E-state index contributed by atoms with van der Waals surface area (Å²) in [5, 5.41) is 6.06. The molecule has 5 heteroatoms. The number of hydrogen-bond donors (Lipinski definition) is 0. The Labute approximate surface area is 166 Å². The van der Waals surface area contributed by atoms with Crippen molar-refractivity contribution in [2.24, 2.45) is 0 Å². The molecule has 0 radical (unpaired) electrons. The van der Waals surface area contributed by atoms with Crippen LogP contribution in [0.5, 0.6) is 5.75 Å². The predicted octanol–water partition coefficient (Wildman–Crippen LogP) is 6.33. The number of aromatic nitrogens is 2. The molecule has 132 valence electrons. The van der Waals surface area contributed by atoms with Crippen LogP contribution >= 0.6 is 23.2 Å². The van der Waals surface area contributed by atoms with Crippen molar-refractivity contribution in [3.63, 3.8) is 0 Å². The van der Waals surface area contributed by atoms with Crippen LogP contribution in [0.25, 0.3) is 16.9 Å². The van der Waals surface area contributed by atoms with E-state index >= 15 is 0 Å². The first-order valence-corrected chi connectivity index (χ1v) is 9.32. The molecule has 0 N–H and O–H groups in total. The fourth-order valence-electron chi connectivity index (χ4n) is 3.44. The van der Waals surface area contributed by atoms with Gasteiger partial charge in [-0.2, -0.15) is 5.10 Å². The van der Waals surface area contributed by atoms with Crippen LogP contribution in [0, 0.1) is 0 Å². The van der Waals surface area contributed by atoms with Gasteiger partial charge in [0.15, 0.2) is 6.10 Å². The zero-order valence-electron chi connectivity index (χ0n) is 14.1. The molecule has 0 spiro atoms. The third-order valence-electron chi connectivity index (χ3n) is 4.71. The standard InChI is InChI=1S/C22H14Cl2N2O/c23-15-7-5-14(6-8-15)22-19-13-25-26(17-11-9-16(24)10-12-17)21(19)18-3-1-2-4-20(18)27-22/h1-13,22H. The fraction of sp³-hybridized carbons (Fsp3) is 0.0455. The van der Waals surface area contributed by atoms with Crippen LogP contribution in [-0.2, 0) is 0 Å². The van der Waals surface area contributed by atoms with Gasteiger partial charge in [-0.15, -0.1) is 0 Å². The number of ether oxygens (including phenoxy) is 1. The van der Waals surface area contributed by atoms with Crippen LogP contribution in [0.3, 0.4) is 0 Å². The molecule has 1 aromatic heterocycles. The SMILES string of the molecule is Clc1ccc(C2Oc3ccccc3-c3c2cnn3-c2ccc(Cl)cc2)cc1. The number of halogens is 2. The van der Waals surface area contributed by atoms with E-state index in [0.29, 0.717) is 10.0 Å². The number of nitrogens with zero attached hydrogens (tertiary/aromatic N) is 2. The first-order valence-electron chi connectivity index (χ1n) is 8.56. The summed E-state index contributed by atoms with van der Waals surface area (Å²) in [5.74, 6) is 0.834. The molecule has 1 unspecified atom stereocenters. The van der Waals surface area contributed by atoms with E-state index in [4.69, 9.17) is 27.9 Å². The van der Waals surface area contributed by atoms with Gasteiger partial charge in [0.25, 0.3) is 0 Å². The van der Waals surface area contributed by atoms with Gasteiger partial charge in [-0.3, -0.25) is 0 Å². The highest BCUT2D eigenvalue weighted by atomic mass is 35.5. The van der Waals surface area contributed by atoms with Crippen LogP contribution in [0.4, 0.5) is 0 Å². The van der Waals surface area contributed by atoms with Gasteiger partial charge in [0.2, 0.25) is 0 Å². The molecule has 2 heterocycles. The summed E-state index contributed by atoms with van der Waals surface area (Å²) in [6.45, 7) is 0. The molecule has 0 bridgehead atoms. The maximum atomic E-state index is 6.34. The summed E-state index contributed by atoms with van der Waals surface area (Å²) in [6.07, 6.45) is 1.63. The monoisotopic (exact) mass is 392 g/mol. The average Bonchev–Trinajstić information content (AvgIpc) is 3.14. The smallest absolute Gasteiger partial charge is 0.153 e. The van der Waals surface area contributed by atoms with E-state index in [9.17, 15) is 0 Å². The Balaban J connectivity index is 1.72. The Morgan fingerprint density at radius 3 is 2.22 bits per heavy atom. The van der Waals surface area contributed by atoms with E-state index in [1.807, 2.05) is 77.6 Å². The summed E-state index contributed by atoms with van der Waals surface area (Å²) >= 11 is 12.1. The number of para-hydroxylation sites is 1. The maximum absolute atomic E-state index is 6.34. The molecular formula is C22H14Cl2N2O. The number of benzene rings is 3. The van der Waals surface area contributed by atoms with Gasteiger partial charge in [0.1, 0.15) is 5.75 Å². The van der Waals surface area contributed by atoms with Crippen molar-refractivity contribution in [1.29, 1.82) is 0 Å². The summed E-state index contributed by atoms with van der Waals surface area (Å²) in [6, 6.07) is 23.4. The lowest BCUT2D eigenvalue weighted by Gasteiger charge is -2.27. The molecule has 1 atom stereocenters. The molecule has 4 aromatic rings. The van der Waals surface area contributed by atoms with E-state index in [1.165, 1.54) is 0 Å². The third-order valence-corrected chi connectivity index (χ3v) is 5.21. The van der Waals surface area contributed by atoms with Crippen molar-refractivity contribution < 1.29 is 4.74 Å². The molecule has 3 aromatic carbocycles. The Hall–Kier alpha value is -2.75. The van der Waals surface area contributed by atoms with Gasteiger partial charge in [0.05, 0.1) is 17.6 Å². The lowest BCUT2D eigenvalue weighted by molar-refractivity contribution is 0.243. The van der Waals surface area contributed by atoms with Crippen LogP contribution < -0.4 is 4.74 Å². The second-order valence-electron chi connectivity index (χ2n) is 6.38. The van der Waals surface area contributed by atoms with Gasteiger partial charge in [0, 0.05) is 21.2 Å². The van der Waals surface area contributed by atoms with Crippen molar-refractivity contribution >= 4 is 23.2 Å². The van der Waals surface area contributed by atoms with Crippen molar-refractivity contribution in [3.05, 3.63) is 100 Å². The molecule has 5 rings (SSSR count). The number of rotatable bonds is 2. The van der Waals surface area contributed by atoms with Crippen LogP contribution in [0.2, 0.25) is 10.0 Å². The van der Waals surface area contributed by atoms with Crippen LogP contribution in [0.15, 0.2) is 79.0 Å². The second kappa shape index (κ2) is 6.45. The summed E-state index contributed by atoms with van der Waals surface area (Å²) in [7, 11) is 0. The molecular weight excluding hydrogens is 379 g/mol. The minimum absolute atomic E-state index is 0.242. The lowest BCUT2D eigenvalue weighted by atomic mass is 9.95. The molecule has 3 nitrogen and oxygen atoms in total. The molecule has 0 aliphatic carbocycles. The first kappa shape index (κ1) is 16.4. The molecule has 1 aliphatic heterocycles. The van der Waals surface area contributed by atoms with E-state index in [1.54, 1.807) is 0 Å². The number of fused-ring (bicyclic) bond motifs is 3. The Morgan fingerprint density at radius 2 is 1.48 bits per heavy atom. The Kier molecular flexibility index (Phi) is 3.92. The highest BCUT2D eigenvalue weighted by Gasteiger charge is 2.31. The first-order chi connectivity index (χ1) is 13.2. The summed E-state index contributed by atoms with van der Waals surface area (Å²) in [5.41, 5.74) is 5.05. The van der Waals surface area contributed by atoms with Gasteiger partial charge < -0.3 is 4.74 Å². The minimum atomic E-state index is -0.242. The molecule has 0 amide bonds. The third kappa shape index (κ3) is 2.80. The van der Waals surface area contributed by atoms with Gasteiger partial charge >= 0.3 is 0 Å². The van der Waals surface area contributed by atoms with E-state index < -0.39 is 0 Å². The van der Waals surface area contributed by atoms with E-state index in [0.717, 1.165) is 33.8 Å². The summed E-state index contributed by atoms with van der Waals surface area (Å²) in [4.78, 5) is 0. The minimum Gasteiger partial charge on any atom is -0.480 e. The van der Waals surface area contributed by atoms with Crippen LogP contribution in [0.1, 0.15) is 17.2 Å². The maximum Gasteiger partial charge on any atom is 0.153 e. The van der Waals surface area contributed by atoms with Crippen LogP contribution in [-0.4, -0.2) is 9.78 Å². The van der Waals surface area contributed by atoms with E-state index in [2.05, 4.69) is 11.2 Å². The molecule has 0 saturated heterocycles. The zero-order chi connectivity index (χ0) is 18.4. The van der Waals surface area contributed by atoms with Crippen molar-refractivity contribution in [2.45, 2.75) is 6.10 Å². The van der Waals surface area contributed by atoms with Gasteiger partial charge in [-0.05, 0) is 54.1 Å². The predicted molar refractivity (Wildman–Crippen MR) is 108 cm³/mol. The quantitative estimate of drug-likeness (QED) is 0.398. The van der Waals surface area contributed by atoms with Crippen molar-refractivity contribution in [3.8, 4) is 22.7 Å². The van der Waals surface area contributed by atoms with Crippen molar-refractivity contribution in [1.82, 2.24) is 9.78 Å². The van der Waals surface area contributed by atoms with Gasteiger partial charge in [-0.25, -0.2) is 4.68 Å². The Morgan fingerprint density at radius 1 is 0.815 bits per heavy atom. The summed E-state index contributed by atoms with van der Waals surface area (Å²) < 4.78 is 8.28. The zero-order valence-corrected chi connectivity index (χ0v) is 15.7. The molecule has 0 saturated carbocycles. The normalized spacial score (nSPS) is 15.0. The molecule has 1 aliphatic rings. The topological polar surface area (TPSA) is 27.1 Å².